The SMILES string of the molecule is Cc1ccc(SNc2nccn3cc(-c4ccccc4Oc4ccccc4)nc23)cc1. The molecule has 2 heterocycles. The minimum atomic E-state index is 0.709. The van der Waals surface area contributed by atoms with Crippen molar-refractivity contribution in [2.24, 2.45) is 0 Å². The summed E-state index contributed by atoms with van der Waals surface area (Å²) in [4.78, 5) is 10.5. The van der Waals surface area contributed by atoms with E-state index in [0.717, 1.165) is 33.3 Å². The van der Waals surface area contributed by atoms with E-state index in [2.05, 4.69) is 40.9 Å². The number of anilines is 1. The number of imidazole rings is 1. The first-order valence-electron chi connectivity index (χ1n) is 9.92. The van der Waals surface area contributed by atoms with Crippen molar-refractivity contribution >= 4 is 23.4 Å². The lowest BCUT2D eigenvalue weighted by Crippen LogP contribution is -1.95. The normalized spacial score (nSPS) is 10.9. The van der Waals surface area contributed by atoms with Gasteiger partial charge in [-0.1, -0.05) is 48.0 Å². The average molecular weight is 425 g/mol. The first-order valence-corrected chi connectivity index (χ1v) is 10.7. The maximum absolute atomic E-state index is 6.12. The molecular formula is C25H20N4OS. The molecule has 152 valence electrons. The standard InChI is InChI=1S/C25H20N4OS/c1-18-11-13-20(14-12-18)31-28-24-25-27-22(17-29(25)16-15-26-24)21-9-5-6-10-23(21)30-19-7-3-2-4-8-19/h2-17H,1H3,(H,26,28). The Morgan fingerprint density at radius 2 is 1.68 bits per heavy atom. The van der Waals surface area contributed by atoms with Gasteiger partial charge in [0.05, 0.1) is 5.69 Å². The molecule has 0 amide bonds. The third kappa shape index (κ3) is 4.25. The summed E-state index contributed by atoms with van der Waals surface area (Å²) in [5, 5.41) is 0. The van der Waals surface area contributed by atoms with Crippen molar-refractivity contribution in [2.75, 3.05) is 4.72 Å². The summed E-state index contributed by atoms with van der Waals surface area (Å²) in [6, 6.07) is 26.0. The van der Waals surface area contributed by atoms with Gasteiger partial charge in [0, 0.05) is 29.0 Å². The number of benzene rings is 3. The fourth-order valence-electron chi connectivity index (χ4n) is 3.22. The van der Waals surface area contributed by atoms with Crippen LogP contribution in [0.4, 0.5) is 5.82 Å². The van der Waals surface area contributed by atoms with E-state index in [1.165, 1.54) is 17.5 Å². The van der Waals surface area contributed by atoms with Crippen LogP contribution in [0.5, 0.6) is 11.5 Å². The van der Waals surface area contributed by atoms with Gasteiger partial charge >= 0.3 is 0 Å². The lowest BCUT2D eigenvalue weighted by atomic mass is 10.1. The van der Waals surface area contributed by atoms with Gasteiger partial charge in [-0.25, -0.2) is 9.97 Å². The Labute approximate surface area is 184 Å². The Morgan fingerprint density at radius 3 is 2.52 bits per heavy atom. The number of aromatic nitrogens is 3. The maximum atomic E-state index is 6.12. The van der Waals surface area contributed by atoms with E-state index in [9.17, 15) is 0 Å². The second kappa shape index (κ2) is 8.53. The van der Waals surface area contributed by atoms with Crippen LogP contribution in [0.2, 0.25) is 0 Å². The molecule has 5 rings (SSSR count). The number of nitrogens with one attached hydrogen (secondary N) is 1. The van der Waals surface area contributed by atoms with E-state index in [1.54, 1.807) is 6.20 Å². The molecule has 5 nitrogen and oxygen atoms in total. The van der Waals surface area contributed by atoms with Gasteiger partial charge < -0.3 is 13.9 Å². The van der Waals surface area contributed by atoms with Crippen molar-refractivity contribution in [1.82, 2.24) is 14.4 Å². The molecule has 0 aliphatic heterocycles. The van der Waals surface area contributed by atoms with E-state index in [1.807, 2.05) is 71.4 Å². The highest BCUT2D eigenvalue weighted by molar-refractivity contribution is 8.00. The molecule has 6 heteroatoms. The summed E-state index contributed by atoms with van der Waals surface area (Å²) in [5.41, 5.74) is 3.74. The van der Waals surface area contributed by atoms with Gasteiger partial charge in [0.1, 0.15) is 11.5 Å². The molecular weight excluding hydrogens is 404 g/mol. The van der Waals surface area contributed by atoms with Crippen molar-refractivity contribution in [2.45, 2.75) is 11.8 Å². The minimum Gasteiger partial charge on any atom is -0.457 e. The first-order chi connectivity index (χ1) is 15.3. The number of fused-ring (bicyclic) bond motifs is 1. The molecule has 0 aliphatic rings. The summed E-state index contributed by atoms with van der Waals surface area (Å²) < 4.78 is 11.4. The molecule has 3 aromatic carbocycles. The Hall–Kier alpha value is -3.77. The second-order valence-electron chi connectivity index (χ2n) is 7.06. The number of nitrogens with zero attached hydrogens (tertiary/aromatic N) is 3. The zero-order valence-electron chi connectivity index (χ0n) is 16.9. The number of ether oxygens (including phenoxy) is 1. The summed E-state index contributed by atoms with van der Waals surface area (Å²) in [6.07, 6.45) is 5.66. The highest BCUT2D eigenvalue weighted by atomic mass is 32.2. The third-order valence-corrected chi connectivity index (χ3v) is 5.60. The molecule has 0 radical (unpaired) electrons. The summed E-state index contributed by atoms with van der Waals surface area (Å²) in [6.45, 7) is 2.08. The van der Waals surface area contributed by atoms with Gasteiger partial charge in [-0.15, -0.1) is 0 Å². The van der Waals surface area contributed by atoms with Crippen LogP contribution in [0.3, 0.4) is 0 Å². The van der Waals surface area contributed by atoms with E-state index >= 15 is 0 Å². The lowest BCUT2D eigenvalue weighted by molar-refractivity contribution is 0.484. The zero-order valence-corrected chi connectivity index (χ0v) is 17.7. The molecule has 1 N–H and O–H groups in total. The molecule has 31 heavy (non-hydrogen) atoms. The van der Waals surface area contributed by atoms with Crippen LogP contribution >= 0.6 is 11.9 Å². The molecule has 0 atom stereocenters. The zero-order chi connectivity index (χ0) is 21.0. The molecule has 0 aliphatic carbocycles. The molecule has 0 saturated carbocycles. The van der Waals surface area contributed by atoms with Gasteiger partial charge in [-0.3, -0.25) is 0 Å². The molecule has 0 unspecified atom stereocenters. The van der Waals surface area contributed by atoms with Crippen LogP contribution in [-0.2, 0) is 0 Å². The lowest BCUT2D eigenvalue weighted by Gasteiger charge is -2.09. The van der Waals surface area contributed by atoms with E-state index < -0.39 is 0 Å². The number of rotatable bonds is 6. The van der Waals surface area contributed by atoms with Crippen molar-refractivity contribution in [3.05, 3.63) is 103 Å². The number of hydrogen-bond donors (Lipinski definition) is 1. The Balaban J connectivity index is 1.46. The topological polar surface area (TPSA) is 51.5 Å². The van der Waals surface area contributed by atoms with Crippen LogP contribution in [0.15, 0.2) is 102 Å². The van der Waals surface area contributed by atoms with Crippen LogP contribution in [0.1, 0.15) is 5.56 Å². The van der Waals surface area contributed by atoms with Gasteiger partial charge in [-0.05, 0) is 55.3 Å². The van der Waals surface area contributed by atoms with E-state index in [-0.39, 0.29) is 0 Å². The first kappa shape index (κ1) is 19.2. The second-order valence-corrected chi connectivity index (χ2v) is 7.94. The Bertz CT molecular complexity index is 1320. The minimum absolute atomic E-state index is 0.709. The van der Waals surface area contributed by atoms with Gasteiger partial charge in [0.25, 0.3) is 0 Å². The van der Waals surface area contributed by atoms with Gasteiger partial charge in [0.15, 0.2) is 11.5 Å². The molecule has 0 saturated heterocycles. The monoisotopic (exact) mass is 424 g/mol. The van der Waals surface area contributed by atoms with Crippen LogP contribution in [0.25, 0.3) is 16.9 Å². The van der Waals surface area contributed by atoms with Crippen LogP contribution in [-0.4, -0.2) is 14.4 Å². The molecule has 0 bridgehead atoms. The quantitative estimate of drug-likeness (QED) is 0.311. The number of hydrogen-bond acceptors (Lipinski definition) is 5. The van der Waals surface area contributed by atoms with Crippen molar-refractivity contribution in [3.63, 3.8) is 0 Å². The molecule has 5 aromatic rings. The Morgan fingerprint density at radius 1 is 0.903 bits per heavy atom. The molecule has 0 fully saturated rings. The van der Waals surface area contributed by atoms with Crippen LogP contribution in [0, 0.1) is 6.92 Å². The highest BCUT2D eigenvalue weighted by Gasteiger charge is 2.13. The predicted octanol–water partition coefficient (Wildman–Crippen LogP) is 6.62. The maximum Gasteiger partial charge on any atom is 0.181 e. The molecule has 0 spiro atoms. The predicted molar refractivity (Wildman–Crippen MR) is 126 cm³/mol. The van der Waals surface area contributed by atoms with Crippen molar-refractivity contribution < 1.29 is 4.74 Å². The summed E-state index contributed by atoms with van der Waals surface area (Å²) in [7, 11) is 0. The van der Waals surface area contributed by atoms with Gasteiger partial charge in [0.2, 0.25) is 0 Å². The molecule has 2 aromatic heterocycles. The van der Waals surface area contributed by atoms with Crippen molar-refractivity contribution in [3.8, 4) is 22.8 Å². The smallest absolute Gasteiger partial charge is 0.181 e. The van der Waals surface area contributed by atoms with Crippen molar-refractivity contribution in [1.29, 1.82) is 0 Å². The van der Waals surface area contributed by atoms with E-state index in [0.29, 0.717) is 5.82 Å². The summed E-state index contributed by atoms with van der Waals surface area (Å²) in [5.74, 6) is 2.26. The number of aryl methyl sites for hydroxylation is 1. The highest BCUT2D eigenvalue weighted by Crippen LogP contribution is 2.33. The Kier molecular flexibility index (Phi) is 5.29. The fourth-order valence-corrected chi connectivity index (χ4v) is 3.85. The number of para-hydroxylation sites is 2. The average Bonchev–Trinajstić information content (AvgIpc) is 3.25. The fraction of sp³-hybridized carbons (Fsp3) is 0.0400. The van der Waals surface area contributed by atoms with Gasteiger partial charge in [-0.2, -0.15) is 0 Å². The van der Waals surface area contributed by atoms with Crippen LogP contribution < -0.4 is 9.46 Å². The largest absolute Gasteiger partial charge is 0.457 e. The van der Waals surface area contributed by atoms with E-state index in [4.69, 9.17) is 9.72 Å². The summed E-state index contributed by atoms with van der Waals surface area (Å²) >= 11 is 1.52. The third-order valence-electron chi connectivity index (χ3n) is 4.80.